The molecule has 100 valence electrons. The van der Waals surface area contributed by atoms with Gasteiger partial charge in [-0.05, 0) is 25.7 Å². The molecule has 0 aliphatic rings. The summed E-state index contributed by atoms with van der Waals surface area (Å²) in [5, 5.41) is 0.811. The SMILES string of the molecule is C=CCC(S)CCSOSCCC(S)CC=C. The molecule has 0 fully saturated rings. The van der Waals surface area contributed by atoms with E-state index >= 15 is 0 Å². The molecule has 2 atom stereocenters. The normalized spacial score (nSPS) is 14.2. The summed E-state index contributed by atoms with van der Waals surface area (Å²) in [6, 6.07) is 0. The molecule has 0 radical (unpaired) electrons. The van der Waals surface area contributed by atoms with Crippen molar-refractivity contribution in [2.45, 2.75) is 36.2 Å². The summed E-state index contributed by atoms with van der Waals surface area (Å²) in [4.78, 5) is 0. The van der Waals surface area contributed by atoms with Gasteiger partial charge in [0.1, 0.15) is 0 Å². The molecule has 0 saturated carbocycles. The second-order valence-corrected chi connectivity index (χ2v) is 6.94. The van der Waals surface area contributed by atoms with Gasteiger partial charge in [0.25, 0.3) is 0 Å². The van der Waals surface area contributed by atoms with Crippen LogP contribution in [0.2, 0.25) is 0 Å². The van der Waals surface area contributed by atoms with Crippen LogP contribution in [0.4, 0.5) is 0 Å². The van der Waals surface area contributed by atoms with Crippen LogP contribution in [0.25, 0.3) is 0 Å². The first-order valence-electron chi connectivity index (χ1n) is 5.69. The van der Waals surface area contributed by atoms with Crippen molar-refractivity contribution in [1.29, 1.82) is 0 Å². The molecule has 0 bridgehead atoms. The van der Waals surface area contributed by atoms with Crippen molar-refractivity contribution in [3.63, 3.8) is 0 Å². The molecular weight excluding hydrogens is 288 g/mol. The Labute approximate surface area is 125 Å². The molecule has 0 heterocycles. The maximum atomic E-state index is 5.40. The Hall–Kier alpha value is 0.840. The van der Waals surface area contributed by atoms with Crippen LogP contribution in [-0.2, 0) is 3.63 Å². The van der Waals surface area contributed by atoms with E-state index < -0.39 is 0 Å². The Kier molecular flexibility index (Phi) is 13.9. The standard InChI is InChI=1S/C12H22OS4/c1-3-5-11(14)7-9-16-13-17-10-8-12(15)6-4-2/h3-4,11-12,14-15H,1-2,5-10H2. The number of hydrogen-bond donors (Lipinski definition) is 2. The molecule has 0 amide bonds. The Balaban J connectivity index is 3.18. The van der Waals surface area contributed by atoms with Gasteiger partial charge in [0.05, 0.1) is 0 Å². The van der Waals surface area contributed by atoms with Crippen molar-refractivity contribution in [3.05, 3.63) is 25.3 Å². The fourth-order valence-corrected chi connectivity index (χ4v) is 3.57. The minimum atomic E-state index is 0.406. The van der Waals surface area contributed by atoms with E-state index in [2.05, 4.69) is 38.4 Å². The van der Waals surface area contributed by atoms with Gasteiger partial charge in [-0.1, -0.05) is 12.2 Å². The van der Waals surface area contributed by atoms with Crippen molar-refractivity contribution in [3.8, 4) is 0 Å². The van der Waals surface area contributed by atoms with E-state index in [-0.39, 0.29) is 0 Å². The highest BCUT2D eigenvalue weighted by Gasteiger charge is 2.02. The van der Waals surface area contributed by atoms with Crippen LogP contribution in [0.1, 0.15) is 25.7 Å². The second-order valence-electron chi connectivity index (χ2n) is 3.65. The van der Waals surface area contributed by atoms with Crippen molar-refractivity contribution in [2.24, 2.45) is 0 Å². The molecule has 1 nitrogen and oxygen atoms in total. The highest BCUT2D eigenvalue weighted by Crippen LogP contribution is 2.20. The van der Waals surface area contributed by atoms with Crippen LogP contribution >= 0.6 is 49.3 Å². The van der Waals surface area contributed by atoms with Gasteiger partial charge in [0, 0.05) is 46.1 Å². The number of allylic oxidation sites excluding steroid dienone is 2. The van der Waals surface area contributed by atoms with Gasteiger partial charge in [-0.3, -0.25) is 0 Å². The third-order valence-electron chi connectivity index (χ3n) is 2.04. The van der Waals surface area contributed by atoms with E-state index in [0.717, 1.165) is 37.2 Å². The fraction of sp³-hybridized carbons (Fsp3) is 0.667. The van der Waals surface area contributed by atoms with Crippen LogP contribution in [0.5, 0.6) is 0 Å². The lowest BCUT2D eigenvalue weighted by molar-refractivity contribution is 0.736. The summed E-state index contributed by atoms with van der Waals surface area (Å²) in [5.41, 5.74) is 0. The Bertz CT molecular complexity index is 179. The van der Waals surface area contributed by atoms with Gasteiger partial charge in [-0.15, -0.1) is 13.2 Å². The summed E-state index contributed by atoms with van der Waals surface area (Å²) in [5.74, 6) is 1.96. The lowest BCUT2D eigenvalue weighted by Crippen LogP contribution is -1.99. The average molecular weight is 311 g/mol. The third kappa shape index (κ3) is 13.1. The van der Waals surface area contributed by atoms with Gasteiger partial charge in [0.15, 0.2) is 0 Å². The first kappa shape index (κ1) is 17.8. The van der Waals surface area contributed by atoms with Gasteiger partial charge in [-0.2, -0.15) is 25.3 Å². The van der Waals surface area contributed by atoms with Crippen LogP contribution in [-0.4, -0.2) is 22.0 Å². The Morgan fingerprint density at radius 2 is 1.35 bits per heavy atom. The maximum Gasteiger partial charge on any atom is 0.0221 e. The summed E-state index contributed by atoms with van der Waals surface area (Å²) >= 11 is 11.9. The van der Waals surface area contributed by atoms with E-state index in [4.69, 9.17) is 3.63 Å². The quantitative estimate of drug-likeness (QED) is 0.231. The molecule has 0 aliphatic heterocycles. The van der Waals surface area contributed by atoms with Gasteiger partial charge < -0.3 is 0 Å². The predicted octanol–water partition coefficient (Wildman–Crippen LogP) is 4.83. The number of thiol groups is 2. The molecule has 2 unspecified atom stereocenters. The van der Waals surface area contributed by atoms with E-state index in [1.165, 1.54) is 24.1 Å². The van der Waals surface area contributed by atoms with E-state index in [1.807, 2.05) is 12.2 Å². The maximum absolute atomic E-state index is 5.40. The van der Waals surface area contributed by atoms with E-state index in [1.54, 1.807) is 0 Å². The van der Waals surface area contributed by atoms with Crippen LogP contribution in [0, 0.1) is 0 Å². The van der Waals surface area contributed by atoms with Crippen molar-refractivity contribution >= 4 is 49.3 Å². The molecule has 5 heteroatoms. The lowest BCUT2D eigenvalue weighted by atomic mass is 10.2. The smallest absolute Gasteiger partial charge is 0.0221 e. The molecule has 0 aromatic rings. The highest BCUT2D eigenvalue weighted by atomic mass is 32.2. The van der Waals surface area contributed by atoms with Gasteiger partial charge in [-0.25, -0.2) is 3.63 Å². The third-order valence-corrected chi connectivity index (χ3v) is 4.56. The first-order chi connectivity index (χ1) is 8.20. The molecule has 0 aromatic carbocycles. The monoisotopic (exact) mass is 310 g/mol. The van der Waals surface area contributed by atoms with E-state index in [9.17, 15) is 0 Å². The van der Waals surface area contributed by atoms with Crippen molar-refractivity contribution in [2.75, 3.05) is 11.5 Å². The molecule has 17 heavy (non-hydrogen) atoms. The fourth-order valence-electron chi connectivity index (χ4n) is 1.09. The summed E-state index contributed by atoms with van der Waals surface area (Å²) < 4.78 is 5.40. The van der Waals surface area contributed by atoms with Crippen LogP contribution in [0.15, 0.2) is 25.3 Å². The zero-order chi connectivity index (χ0) is 12.9. The van der Waals surface area contributed by atoms with Crippen LogP contribution < -0.4 is 0 Å². The molecule has 0 N–H and O–H groups in total. The minimum absolute atomic E-state index is 0.406. The van der Waals surface area contributed by atoms with E-state index in [0.29, 0.717) is 10.5 Å². The highest BCUT2D eigenvalue weighted by molar-refractivity contribution is 8.07. The Morgan fingerprint density at radius 1 is 0.941 bits per heavy atom. The van der Waals surface area contributed by atoms with Crippen molar-refractivity contribution < 1.29 is 3.63 Å². The average Bonchev–Trinajstić information content (AvgIpc) is 2.28. The lowest BCUT2D eigenvalue weighted by Gasteiger charge is -2.08. The minimum Gasteiger partial charge on any atom is -0.247 e. The zero-order valence-electron chi connectivity index (χ0n) is 10.1. The molecule has 0 spiro atoms. The first-order valence-corrected chi connectivity index (χ1v) is 8.55. The second kappa shape index (κ2) is 13.3. The van der Waals surface area contributed by atoms with Crippen LogP contribution in [0.3, 0.4) is 0 Å². The number of rotatable bonds is 12. The summed E-state index contributed by atoms with van der Waals surface area (Å²) in [6.07, 6.45) is 7.83. The molecule has 0 aromatic heterocycles. The van der Waals surface area contributed by atoms with Gasteiger partial charge in [0.2, 0.25) is 0 Å². The molecular formula is C12H22OS4. The molecule has 0 saturated heterocycles. The largest absolute Gasteiger partial charge is 0.247 e. The van der Waals surface area contributed by atoms with Gasteiger partial charge >= 0.3 is 0 Å². The predicted molar refractivity (Wildman–Crippen MR) is 90.4 cm³/mol. The Morgan fingerprint density at radius 3 is 1.71 bits per heavy atom. The summed E-state index contributed by atoms with van der Waals surface area (Å²) in [6.45, 7) is 7.39. The zero-order valence-corrected chi connectivity index (χ0v) is 13.5. The molecule has 0 aliphatic carbocycles. The molecule has 0 rings (SSSR count). The van der Waals surface area contributed by atoms with Crippen molar-refractivity contribution in [1.82, 2.24) is 0 Å². The summed E-state index contributed by atoms with van der Waals surface area (Å²) in [7, 11) is 0. The number of hydrogen-bond acceptors (Lipinski definition) is 5. The topological polar surface area (TPSA) is 9.23 Å².